The zero-order chi connectivity index (χ0) is 16.5. The highest BCUT2D eigenvalue weighted by Crippen LogP contribution is 2.16. The van der Waals surface area contributed by atoms with Crippen LogP contribution >= 0.6 is 15.9 Å². The molecule has 1 aromatic carbocycles. The minimum atomic E-state index is -0.678. The van der Waals surface area contributed by atoms with Crippen LogP contribution in [0.1, 0.15) is 30.6 Å². The Morgan fingerprint density at radius 3 is 2.55 bits per heavy atom. The first-order chi connectivity index (χ1) is 10.4. The molecule has 0 radical (unpaired) electrons. The van der Waals surface area contributed by atoms with Crippen molar-refractivity contribution in [2.45, 2.75) is 20.3 Å². The number of nitrogens with one attached hydrogen (secondary N) is 2. The van der Waals surface area contributed by atoms with Gasteiger partial charge in [0.2, 0.25) is 0 Å². The molecule has 0 aliphatic heterocycles. The fourth-order valence-corrected chi connectivity index (χ4v) is 1.96. The molecule has 0 atom stereocenters. The summed E-state index contributed by atoms with van der Waals surface area (Å²) in [6.07, 6.45) is 0.818. The molecule has 0 heterocycles. The molecule has 0 fully saturated rings. The van der Waals surface area contributed by atoms with Gasteiger partial charge in [-0.05, 0) is 40.4 Å². The van der Waals surface area contributed by atoms with Gasteiger partial charge < -0.3 is 10.1 Å². The van der Waals surface area contributed by atoms with Gasteiger partial charge in [0.05, 0.1) is 5.56 Å². The van der Waals surface area contributed by atoms with Crippen LogP contribution in [-0.2, 0) is 9.53 Å². The van der Waals surface area contributed by atoms with Crippen LogP contribution in [-0.4, -0.2) is 31.1 Å². The molecule has 7 heteroatoms. The van der Waals surface area contributed by atoms with E-state index >= 15 is 0 Å². The van der Waals surface area contributed by atoms with Gasteiger partial charge in [-0.15, -0.1) is 0 Å². The maximum absolute atomic E-state index is 11.8. The van der Waals surface area contributed by atoms with Crippen LogP contribution in [0.4, 0.5) is 4.79 Å². The fourth-order valence-electron chi connectivity index (χ4n) is 1.52. The molecular formula is C15H19BrN2O4. The van der Waals surface area contributed by atoms with Crippen LogP contribution in [0.5, 0.6) is 0 Å². The van der Waals surface area contributed by atoms with Crippen LogP contribution in [0.25, 0.3) is 0 Å². The highest BCUT2D eigenvalue weighted by atomic mass is 79.9. The number of rotatable bonds is 6. The topological polar surface area (TPSA) is 84.5 Å². The average molecular weight is 371 g/mol. The Kier molecular flexibility index (Phi) is 7.59. The zero-order valence-corrected chi connectivity index (χ0v) is 14.1. The Labute approximate surface area is 137 Å². The third-order valence-corrected chi connectivity index (χ3v) is 3.38. The predicted molar refractivity (Wildman–Crippen MR) is 85.4 cm³/mol. The first-order valence-corrected chi connectivity index (χ1v) is 7.68. The molecule has 3 amide bonds. The summed E-state index contributed by atoms with van der Waals surface area (Å²) >= 11 is 3.22. The third-order valence-electron chi connectivity index (χ3n) is 2.69. The largest absolute Gasteiger partial charge is 0.452 e. The third kappa shape index (κ3) is 6.71. The van der Waals surface area contributed by atoms with E-state index in [0.717, 1.165) is 6.42 Å². The SMILES string of the molecule is CC(C)CCNC(=O)NC(=O)COC(=O)c1ccccc1Br. The minimum Gasteiger partial charge on any atom is -0.452 e. The molecule has 0 spiro atoms. The smallest absolute Gasteiger partial charge is 0.339 e. The number of esters is 1. The van der Waals surface area contributed by atoms with Crippen LogP contribution in [0.15, 0.2) is 28.7 Å². The zero-order valence-electron chi connectivity index (χ0n) is 12.5. The maximum Gasteiger partial charge on any atom is 0.339 e. The van der Waals surface area contributed by atoms with Crippen LogP contribution in [0.2, 0.25) is 0 Å². The monoisotopic (exact) mass is 370 g/mol. The molecule has 0 saturated carbocycles. The summed E-state index contributed by atoms with van der Waals surface area (Å²) in [7, 11) is 0. The Morgan fingerprint density at radius 2 is 1.91 bits per heavy atom. The van der Waals surface area contributed by atoms with Crippen molar-refractivity contribution in [1.29, 1.82) is 0 Å². The van der Waals surface area contributed by atoms with E-state index < -0.39 is 24.5 Å². The highest BCUT2D eigenvalue weighted by Gasteiger charge is 2.14. The summed E-state index contributed by atoms with van der Waals surface area (Å²) in [5.41, 5.74) is 0.316. The average Bonchev–Trinajstić information content (AvgIpc) is 2.44. The van der Waals surface area contributed by atoms with E-state index in [1.165, 1.54) is 0 Å². The van der Waals surface area contributed by atoms with Gasteiger partial charge in [0.15, 0.2) is 6.61 Å². The lowest BCUT2D eigenvalue weighted by Crippen LogP contribution is -2.42. The van der Waals surface area contributed by atoms with E-state index in [4.69, 9.17) is 4.74 Å². The number of carbonyl (C=O) groups excluding carboxylic acids is 3. The second-order valence-electron chi connectivity index (χ2n) is 5.04. The molecule has 0 aromatic heterocycles. The minimum absolute atomic E-state index is 0.316. The van der Waals surface area contributed by atoms with Crippen molar-refractivity contribution >= 4 is 33.8 Å². The van der Waals surface area contributed by atoms with Crippen molar-refractivity contribution in [1.82, 2.24) is 10.6 Å². The first kappa shape index (κ1) is 18.2. The normalized spacial score (nSPS) is 10.2. The Bertz CT molecular complexity index is 546. The van der Waals surface area contributed by atoms with Gasteiger partial charge in [0.25, 0.3) is 5.91 Å². The van der Waals surface area contributed by atoms with Crippen molar-refractivity contribution in [3.05, 3.63) is 34.3 Å². The van der Waals surface area contributed by atoms with E-state index in [9.17, 15) is 14.4 Å². The summed E-state index contributed by atoms with van der Waals surface area (Å²) in [6, 6.07) is 6.11. The van der Waals surface area contributed by atoms with Gasteiger partial charge in [0, 0.05) is 11.0 Å². The van der Waals surface area contributed by atoms with Crippen molar-refractivity contribution in [2.75, 3.05) is 13.2 Å². The summed E-state index contributed by atoms with van der Waals surface area (Å²) in [5, 5.41) is 4.65. The summed E-state index contributed by atoms with van der Waals surface area (Å²) in [4.78, 5) is 34.7. The van der Waals surface area contributed by atoms with Gasteiger partial charge in [-0.1, -0.05) is 26.0 Å². The van der Waals surface area contributed by atoms with E-state index in [2.05, 4.69) is 26.6 Å². The summed E-state index contributed by atoms with van der Waals surface area (Å²) < 4.78 is 5.43. The maximum atomic E-state index is 11.8. The second-order valence-corrected chi connectivity index (χ2v) is 5.90. The lowest BCUT2D eigenvalue weighted by molar-refractivity contribution is -0.123. The Morgan fingerprint density at radius 1 is 1.23 bits per heavy atom. The van der Waals surface area contributed by atoms with E-state index in [1.54, 1.807) is 24.3 Å². The molecule has 0 bridgehead atoms. The van der Waals surface area contributed by atoms with Gasteiger partial charge in [-0.2, -0.15) is 0 Å². The number of halogens is 1. The van der Waals surface area contributed by atoms with Crippen LogP contribution < -0.4 is 10.6 Å². The molecule has 22 heavy (non-hydrogen) atoms. The van der Waals surface area contributed by atoms with E-state index in [0.29, 0.717) is 22.5 Å². The Hall–Kier alpha value is -1.89. The second kappa shape index (κ2) is 9.19. The van der Waals surface area contributed by atoms with Gasteiger partial charge in [-0.25, -0.2) is 9.59 Å². The molecule has 120 valence electrons. The molecular weight excluding hydrogens is 352 g/mol. The summed E-state index contributed by atoms with van der Waals surface area (Å²) in [6.45, 7) is 4.03. The Balaban J connectivity index is 2.32. The van der Waals surface area contributed by atoms with Gasteiger partial charge in [-0.3, -0.25) is 10.1 Å². The lowest BCUT2D eigenvalue weighted by Gasteiger charge is -2.09. The number of imide groups is 1. The molecule has 0 aliphatic rings. The number of hydrogen-bond acceptors (Lipinski definition) is 4. The number of ether oxygens (including phenoxy) is 1. The number of amides is 3. The molecule has 0 aliphatic carbocycles. The van der Waals surface area contributed by atoms with Gasteiger partial charge in [0.1, 0.15) is 0 Å². The number of hydrogen-bond donors (Lipinski definition) is 2. The molecule has 1 aromatic rings. The van der Waals surface area contributed by atoms with Crippen molar-refractivity contribution in [3.8, 4) is 0 Å². The van der Waals surface area contributed by atoms with E-state index in [1.807, 2.05) is 13.8 Å². The molecule has 6 nitrogen and oxygen atoms in total. The lowest BCUT2D eigenvalue weighted by atomic mass is 10.1. The number of carbonyl (C=O) groups is 3. The molecule has 0 unspecified atom stereocenters. The molecule has 2 N–H and O–H groups in total. The van der Waals surface area contributed by atoms with Crippen LogP contribution in [0, 0.1) is 5.92 Å². The van der Waals surface area contributed by atoms with Crippen LogP contribution in [0.3, 0.4) is 0 Å². The number of urea groups is 1. The van der Waals surface area contributed by atoms with Crippen molar-refractivity contribution < 1.29 is 19.1 Å². The molecule has 0 saturated heterocycles. The van der Waals surface area contributed by atoms with E-state index in [-0.39, 0.29) is 0 Å². The highest BCUT2D eigenvalue weighted by molar-refractivity contribution is 9.10. The number of benzene rings is 1. The fraction of sp³-hybridized carbons (Fsp3) is 0.400. The standard InChI is InChI=1S/C15H19BrN2O4/c1-10(2)7-8-17-15(21)18-13(19)9-22-14(20)11-5-3-4-6-12(11)16/h3-6,10H,7-9H2,1-2H3,(H2,17,18,19,21). The molecule has 1 rings (SSSR count). The quantitative estimate of drug-likeness (QED) is 0.753. The van der Waals surface area contributed by atoms with Gasteiger partial charge >= 0.3 is 12.0 Å². The van der Waals surface area contributed by atoms with Crippen molar-refractivity contribution in [3.63, 3.8) is 0 Å². The predicted octanol–water partition coefficient (Wildman–Crippen LogP) is 2.48. The first-order valence-electron chi connectivity index (χ1n) is 6.89. The summed E-state index contributed by atoms with van der Waals surface area (Å²) in [5.74, 6) is -0.855. The van der Waals surface area contributed by atoms with Crippen molar-refractivity contribution in [2.24, 2.45) is 5.92 Å².